The lowest BCUT2D eigenvalue weighted by atomic mass is 10.1. The van der Waals surface area contributed by atoms with Crippen molar-refractivity contribution >= 4 is 44.7 Å². The molecular formula is C19H23BrN6O2. The van der Waals surface area contributed by atoms with Crippen LogP contribution in [0.4, 0.5) is 10.6 Å². The average molecular weight is 447 g/mol. The first-order valence-corrected chi connectivity index (χ1v) is 9.93. The summed E-state index contributed by atoms with van der Waals surface area (Å²) in [6.45, 7) is 9.05. The molecule has 4 heterocycles. The number of fused-ring (bicyclic) bond motifs is 3. The van der Waals surface area contributed by atoms with E-state index in [-0.39, 0.29) is 17.7 Å². The van der Waals surface area contributed by atoms with Crippen LogP contribution in [0.15, 0.2) is 22.9 Å². The average Bonchev–Trinajstić information content (AvgIpc) is 2.97. The van der Waals surface area contributed by atoms with Crippen LogP contribution in [-0.2, 0) is 4.74 Å². The van der Waals surface area contributed by atoms with Crippen LogP contribution in [0.1, 0.15) is 26.5 Å². The quantitative estimate of drug-likeness (QED) is 0.600. The highest BCUT2D eigenvalue weighted by Crippen LogP contribution is 2.29. The van der Waals surface area contributed by atoms with E-state index in [1.807, 2.05) is 44.4 Å². The molecule has 9 heteroatoms. The van der Waals surface area contributed by atoms with Crippen LogP contribution in [0.5, 0.6) is 0 Å². The van der Waals surface area contributed by atoms with E-state index in [1.54, 1.807) is 18.1 Å². The predicted octanol–water partition coefficient (Wildman–Crippen LogP) is 3.40. The van der Waals surface area contributed by atoms with Gasteiger partial charge in [-0.25, -0.2) is 19.7 Å². The number of rotatable bonds is 2. The van der Waals surface area contributed by atoms with Gasteiger partial charge in [0.25, 0.3) is 0 Å². The zero-order chi connectivity index (χ0) is 20.2. The summed E-state index contributed by atoms with van der Waals surface area (Å²) in [6, 6.07) is 1.98. The molecule has 8 nitrogen and oxygen atoms in total. The van der Waals surface area contributed by atoms with E-state index in [9.17, 15) is 4.79 Å². The molecule has 1 amide bonds. The third-order valence-corrected chi connectivity index (χ3v) is 5.44. The van der Waals surface area contributed by atoms with Crippen molar-refractivity contribution in [3.05, 3.63) is 28.6 Å². The van der Waals surface area contributed by atoms with Gasteiger partial charge in [-0.2, -0.15) is 0 Å². The largest absolute Gasteiger partial charge is 0.442 e. The molecule has 1 aliphatic rings. The SMILES string of the molecule is Cc1cn2c(n1)c(N1CC(OC(=O)N(C)C(C)(C)C)C1)nc1ncc(Br)cc12. The Hall–Kier alpha value is -2.42. The molecule has 0 unspecified atom stereocenters. The lowest BCUT2D eigenvalue weighted by Crippen LogP contribution is -2.55. The van der Waals surface area contributed by atoms with Gasteiger partial charge in [-0.15, -0.1) is 0 Å². The zero-order valence-electron chi connectivity index (χ0n) is 16.6. The van der Waals surface area contributed by atoms with Gasteiger partial charge >= 0.3 is 6.09 Å². The lowest BCUT2D eigenvalue weighted by molar-refractivity contribution is 0.0365. The number of amides is 1. The van der Waals surface area contributed by atoms with Crippen molar-refractivity contribution in [3.63, 3.8) is 0 Å². The van der Waals surface area contributed by atoms with E-state index in [2.05, 4.69) is 30.8 Å². The van der Waals surface area contributed by atoms with E-state index in [0.29, 0.717) is 18.7 Å². The van der Waals surface area contributed by atoms with Gasteiger partial charge in [-0.3, -0.25) is 4.40 Å². The van der Waals surface area contributed by atoms with Gasteiger partial charge in [0.1, 0.15) is 6.10 Å². The highest BCUT2D eigenvalue weighted by Gasteiger charge is 2.35. The van der Waals surface area contributed by atoms with E-state index in [1.165, 1.54) is 0 Å². The molecule has 1 fully saturated rings. The molecule has 28 heavy (non-hydrogen) atoms. The van der Waals surface area contributed by atoms with Crippen LogP contribution in [0.3, 0.4) is 0 Å². The maximum Gasteiger partial charge on any atom is 0.410 e. The number of nitrogens with zero attached hydrogens (tertiary/aromatic N) is 6. The Morgan fingerprint density at radius 2 is 2.04 bits per heavy atom. The van der Waals surface area contributed by atoms with Crippen molar-refractivity contribution in [3.8, 4) is 0 Å². The fourth-order valence-electron chi connectivity index (χ4n) is 3.07. The van der Waals surface area contributed by atoms with Crippen LogP contribution in [0.2, 0.25) is 0 Å². The fourth-order valence-corrected chi connectivity index (χ4v) is 3.39. The fraction of sp³-hybridized carbons (Fsp3) is 0.474. The van der Waals surface area contributed by atoms with Crippen molar-refractivity contribution in [2.24, 2.45) is 0 Å². The summed E-state index contributed by atoms with van der Waals surface area (Å²) < 4.78 is 8.52. The monoisotopic (exact) mass is 446 g/mol. The maximum absolute atomic E-state index is 12.3. The highest BCUT2D eigenvalue weighted by molar-refractivity contribution is 9.10. The van der Waals surface area contributed by atoms with Gasteiger partial charge in [0.2, 0.25) is 0 Å². The number of pyridine rings is 1. The predicted molar refractivity (Wildman–Crippen MR) is 111 cm³/mol. The second kappa shape index (κ2) is 6.58. The molecule has 0 aliphatic carbocycles. The number of anilines is 1. The molecule has 0 aromatic carbocycles. The number of carbonyl (C=O) groups is 1. The Labute approximate surface area is 171 Å². The Morgan fingerprint density at radius 1 is 1.32 bits per heavy atom. The Kier molecular flexibility index (Phi) is 4.45. The molecule has 4 rings (SSSR count). The summed E-state index contributed by atoms with van der Waals surface area (Å²) >= 11 is 3.47. The topological polar surface area (TPSA) is 75.9 Å². The number of hydrogen-bond donors (Lipinski definition) is 0. The second-order valence-electron chi connectivity index (χ2n) is 8.15. The first-order chi connectivity index (χ1) is 13.1. The van der Waals surface area contributed by atoms with Crippen molar-refractivity contribution in [1.82, 2.24) is 24.3 Å². The summed E-state index contributed by atoms with van der Waals surface area (Å²) in [7, 11) is 1.75. The van der Waals surface area contributed by atoms with Crippen molar-refractivity contribution < 1.29 is 9.53 Å². The number of aryl methyl sites for hydroxylation is 1. The lowest BCUT2D eigenvalue weighted by Gasteiger charge is -2.41. The zero-order valence-corrected chi connectivity index (χ0v) is 18.2. The summed E-state index contributed by atoms with van der Waals surface area (Å²) in [4.78, 5) is 29.8. The third kappa shape index (κ3) is 3.28. The van der Waals surface area contributed by atoms with E-state index >= 15 is 0 Å². The Balaban J connectivity index is 1.58. The molecule has 3 aromatic heterocycles. The second-order valence-corrected chi connectivity index (χ2v) is 9.06. The summed E-state index contributed by atoms with van der Waals surface area (Å²) in [5.41, 5.74) is 2.95. The molecule has 0 spiro atoms. The Morgan fingerprint density at radius 3 is 2.71 bits per heavy atom. The number of imidazole rings is 1. The first kappa shape index (κ1) is 18.9. The molecule has 1 saturated heterocycles. The van der Waals surface area contributed by atoms with Crippen molar-refractivity contribution in [2.45, 2.75) is 39.3 Å². The number of carbonyl (C=O) groups excluding carboxylic acids is 1. The Bertz CT molecular complexity index is 1070. The molecule has 0 N–H and O–H groups in total. The van der Waals surface area contributed by atoms with Crippen LogP contribution >= 0.6 is 15.9 Å². The van der Waals surface area contributed by atoms with Crippen LogP contribution in [-0.4, -0.2) is 62.1 Å². The highest BCUT2D eigenvalue weighted by atomic mass is 79.9. The minimum Gasteiger partial charge on any atom is -0.442 e. The summed E-state index contributed by atoms with van der Waals surface area (Å²) in [5.74, 6) is 0.756. The third-order valence-electron chi connectivity index (χ3n) is 5.01. The summed E-state index contributed by atoms with van der Waals surface area (Å²) in [5, 5.41) is 0. The van der Waals surface area contributed by atoms with Gasteiger partial charge in [0.05, 0.1) is 24.3 Å². The minimum absolute atomic E-state index is 0.163. The smallest absolute Gasteiger partial charge is 0.410 e. The van der Waals surface area contributed by atoms with Gasteiger partial charge in [-0.05, 0) is 49.7 Å². The van der Waals surface area contributed by atoms with Gasteiger partial charge in [0.15, 0.2) is 17.1 Å². The van der Waals surface area contributed by atoms with E-state index in [4.69, 9.17) is 9.72 Å². The van der Waals surface area contributed by atoms with Gasteiger partial charge < -0.3 is 14.5 Å². The molecule has 148 valence electrons. The minimum atomic E-state index is -0.308. The number of halogens is 1. The van der Waals surface area contributed by atoms with Gasteiger partial charge in [0, 0.05) is 29.5 Å². The molecule has 0 bridgehead atoms. The van der Waals surface area contributed by atoms with Crippen LogP contribution < -0.4 is 4.90 Å². The van der Waals surface area contributed by atoms with E-state index < -0.39 is 0 Å². The first-order valence-electron chi connectivity index (χ1n) is 9.14. The molecular weight excluding hydrogens is 424 g/mol. The van der Waals surface area contributed by atoms with Crippen molar-refractivity contribution in [1.29, 1.82) is 0 Å². The molecule has 0 saturated carbocycles. The maximum atomic E-state index is 12.3. The number of ether oxygens (including phenoxy) is 1. The van der Waals surface area contributed by atoms with Crippen LogP contribution in [0, 0.1) is 6.92 Å². The molecule has 3 aromatic rings. The number of hydrogen-bond acceptors (Lipinski definition) is 6. The number of aromatic nitrogens is 4. The molecule has 0 radical (unpaired) electrons. The molecule has 0 atom stereocenters. The van der Waals surface area contributed by atoms with Gasteiger partial charge in [-0.1, -0.05) is 0 Å². The van der Waals surface area contributed by atoms with Crippen LogP contribution in [0.25, 0.3) is 16.8 Å². The van der Waals surface area contributed by atoms with E-state index in [0.717, 1.165) is 27.1 Å². The van der Waals surface area contributed by atoms with Crippen molar-refractivity contribution in [2.75, 3.05) is 25.0 Å². The molecule has 1 aliphatic heterocycles. The normalized spacial score (nSPS) is 15.1. The summed E-state index contributed by atoms with van der Waals surface area (Å²) in [6.07, 6.45) is 3.24. The standard InChI is InChI=1S/C19H23BrN6O2/c1-11-8-26-14-6-12(20)7-21-15(14)23-16(17(26)22-11)25-9-13(10-25)28-18(27)24(5)19(2,3)4/h6-8,13H,9-10H2,1-5H3.